The van der Waals surface area contributed by atoms with Crippen molar-refractivity contribution >= 4 is 28.3 Å². The van der Waals surface area contributed by atoms with Gasteiger partial charge in [0.25, 0.3) is 5.56 Å². The van der Waals surface area contributed by atoms with Crippen LogP contribution >= 0.6 is 22.6 Å². The maximum Gasteiger partial charge on any atom is 0.267 e. The Bertz CT molecular complexity index is 583. The molecule has 0 fully saturated rings. The van der Waals surface area contributed by atoms with Crippen LogP contribution in [0.15, 0.2) is 35.6 Å². The maximum atomic E-state index is 11.8. The molecule has 2 aromatic rings. The largest absolute Gasteiger partial charge is 0.324 e. The molecule has 0 aliphatic heterocycles. The summed E-state index contributed by atoms with van der Waals surface area (Å²) in [6.07, 6.45) is 4.66. The van der Waals surface area contributed by atoms with Gasteiger partial charge in [0, 0.05) is 12.4 Å². The van der Waals surface area contributed by atoms with Crippen LogP contribution in [0.5, 0.6) is 0 Å². The molecule has 0 saturated heterocycles. The molecular weight excluding hydrogens is 333 g/mol. The number of hydrogen-bond donors (Lipinski definition) is 2. The Labute approximate surface area is 111 Å². The first-order valence-electron chi connectivity index (χ1n) is 4.82. The second-order valence-electron chi connectivity index (χ2n) is 3.35. The van der Waals surface area contributed by atoms with Crippen molar-refractivity contribution in [1.82, 2.24) is 14.5 Å². The molecule has 0 unspecified atom stereocenters. The van der Waals surface area contributed by atoms with Crippen LogP contribution in [0.4, 0.5) is 5.69 Å². The third kappa shape index (κ3) is 2.80. The number of nitrogen functional groups attached to an aromatic ring is 1. The molecule has 0 radical (unpaired) electrons. The van der Waals surface area contributed by atoms with Crippen molar-refractivity contribution in [3.8, 4) is 0 Å². The van der Waals surface area contributed by atoms with Gasteiger partial charge in [-0.25, -0.2) is 4.98 Å². The van der Waals surface area contributed by atoms with Gasteiger partial charge in [0.15, 0.2) is 0 Å². The van der Waals surface area contributed by atoms with Gasteiger partial charge in [-0.15, -0.1) is 0 Å². The van der Waals surface area contributed by atoms with Crippen LogP contribution in [0.2, 0.25) is 0 Å². The lowest BCUT2D eigenvalue weighted by atomic mass is 10.3. The minimum absolute atomic E-state index is 0.0755. The highest BCUT2D eigenvalue weighted by Crippen LogP contribution is 2.06. The van der Waals surface area contributed by atoms with E-state index in [1.807, 2.05) is 22.6 Å². The van der Waals surface area contributed by atoms with E-state index >= 15 is 0 Å². The van der Waals surface area contributed by atoms with Gasteiger partial charge in [0.05, 0.1) is 27.8 Å². The molecule has 88 valence electrons. The van der Waals surface area contributed by atoms with Gasteiger partial charge < -0.3 is 5.43 Å². The third-order valence-corrected chi connectivity index (χ3v) is 2.91. The zero-order chi connectivity index (χ0) is 12.3. The number of halogens is 1. The Morgan fingerprint density at radius 2 is 2.35 bits per heavy atom. The third-order valence-electron chi connectivity index (χ3n) is 2.17. The molecule has 2 aromatic heterocycles. The van der Waals surface area contributed by atoms with Crippen molar-refractivity contribution < 1.29 is 0 Å². The molecule has 0 saturated carbocycles. The number of nitrogens with one attached hydrogen (secondary N) is 1. The van der Waals surface area contributed by atoms with E-state index in [9.17, 15) is 4.79 Å². The highest BCUT2D eigenvalue weighted by atomic mass is 127. The summed E-state index contributed by atoms with van der Waals surface area (Å²) in [5, 5.41) is 0. The van der Waals surface area contributed by atoms with Crippen LogP contribution in [0.3, 0.4) is 0 Å². The summed E-state index contributed by atoms with van der Waals surface area (Å²) in [5.41, 5.74) is 3.95. The number of anilines is 1. The predicted octanol–water partition coefficient (Wildman–Crippen LogP) is 0.577. The number of nitrogens with two attached hydrogens (primary N) is 1. The molecule has 7 heteroatoms. The summed E-state index contributed by atoms with van der Waals surface area (Å²) in [4.78, 5) is 19.9. The average molecular weight is 343 g/mol. The number of hydrazine groups is 1. The minimum atomic E-state index is -0.0755. The quantitative estimate of drug-likeness (QED) is 0.484. The molecule has 0 bridgehead atoms. The van der Waals surface area contributed by atoms with Gasteiger partial charge in [-0.2, -0.15) is 0 Å². The fourth-order valence-electron chi connectivity index (χ4n) is 1.37. The fourth-order valence-corrected chi connectivity index (χ4v) is 1.84. The Morgan fingerprint density at radius 1 is 1.53 bits per heavy atom. The summed E-state index contributed by atoms with van der Waals surface area (Å²) in [7, 11) is 0. The first-order chi connectivity index (χ1) is 8.20. The molecule has 2 rings (SSSR count). The fraction of sp³-hybridized carbons (Fsp3) is 0.100. The minimum Gasteiger partial charge on any atom is -0.324 e. The second kappa shape index (κ2) is 5.23. The lowest BCUT2D eigenvalue weighted by Gasteiger charge is -2.06. The number of hydrogen-bond acceptors (Lipinski definition) is 5. The highest BCUT2D eigenvalue weighted by Gasteiger charge is 2.03. The maximum absolute atomic E-state index is 11.8. The Balaban J connectivity index is 2.31. The van der Waals surface area contributed by atoms with Crippen molar-refractivity contribution in [2.24, 2.45) is 5.84 Å². The number of aromatic nitrogens is 3. The first kappa shape index (κ1) is 12.0. The number of pyridine rings is 1. The molecule has 0 aliphatic carbocycles. The van der Waals surface area contributed by atoms with E-state index in [0.29, 0.717) is 10.1 Å². The van der Waals surface area contributed by atoms with E-state index in [1.54, 1.807) is 18.3 Å². The van der Waals surface area contributed by atoms with E-state index in [0.717, 1.165) is 11.4 Å². The molecule has 0 atom stereocenters. The SMILES string of the molecule is NNc1ccnc(Cn2cncc(I)c2=O)c1. The zero-order valence-electron chi connectivity index (χ0n) is 8.80. The summed E-state index contributed by atoms with van der Waals surface area (Å²) in [6, 6.07) is 3.53. The second-order valence-corrected chi connectivity index (χ2v) is 4.52. The summed E-state index contributed by atoms with van der Waals surface area (Å²) in [6.45, 7) is 0.373. The number of nitrogens with zero attached hydrogens (tertiary/aromatic N) is 3. The van der Waals surface area contributed by atoms with Crippen molar-refractivity contribution in [3.63, 3.8) is 0 Å². The van der Waals surface area contributed by atoms with Crippen molar-refractivity contribution in [3.05, 3.63) is 50.5 Å². The van der Waals surface area contributed by atoms with Crippen LogP contribution in [0.25, 0.3) is 0 Å². The Morgan fingerprint density at radius 3 is 3.12 bits per heavy atom. The average Bonchev–Trinajstić information content (AvgIpc) is 2.35. The smallest absolute Gasteiger partial charge is 0.267 e. The molecule has 17 heavy (non-hydrogen) atoms. The molecule has 0 spiro atoms. The van der Waals surface area contributed by atoms with Crippen molar-refractivity contribution in [2.75, 3.05) is 5.43 Å². The van der Waals surface area contributed by atoms with Crippen LogP contribution < -0.4 is 16.8 Å². The van der Waals surface area contributed by atoms with Crippen LogP contribution in [-0.4, -0.2) is 14.5 Å². The Hall–Kier alpha value is -1.48. The van der Waals surface area contributed by atoms with Gasteiger partial charge in [0.2, 0.25) is 0 Å². The molecule has 0 aromatic carbocycles. The monoisotopic (exact) mass is 343 g/mol. The van der Waals surface area contributed by atoms with E-state index in [2.05, 4.69) is 15.4 Å². The zero-order valence-corrected chi connectivity index (χ0v) is 11.0. The molecular formula is C10H10IN5O. The van der Waals surface area contributed by atoms with Crippen molar-refractivity contribution in [2.45, 2.75) is 6.54 Å². The van der Waals surface area contributed by atoms with Gasteiger partial charge in [-0.3, -0.25) is 20.2 Å². The normalized spacial score (nSPS) is 10.2. The summed E-state index contributed by atoms with van der Waals surface area (Å²) >= 11 is 1.96. The molecule has 6 nitrogen and oxygen atoms in total. The molecule has 0 aliphatic rings. The van der Waals surface area contributed by atoms with E-state index in [1.165, 1.54) is 17.1 Å². The van der Waals surface area contributed by atoms with Gasteiger partial charge in [-0.1, -0.05) is 0 Å². The summed E-state index contributed by atoms with van der Waals surface area (Å²) in [5.74, 6) is 5.31. The first-order valence-corrected chi connectivity index (χ1v) is 5.90. The molecule has 2 heterocycles. The Kier molecular flexibility index (Phi) is 3.69. The molecule has 3 N–H and O–H groups in total. The van der Waals surface area contributed by atoms with Crippen molar-refractivity contribution in [1.29, 1.82) is 0 Å². The topological polar surface area (TPSA) is 85.8 Å². The van der Waals surface area contributed by atoms with Gasteiger partial charge in [-0.05, 0) is 34.7 Å². The standard InChI is InChI=1S/C10H10IN5O/c11-9-4-13-6-16(10(9)17)5-8-3-7(15-12)1-2-14-8/h1-4,6H,5,12H2,(H,14,15). The summed E-state index contributed by atoms with van der Waals surface area (Å²) < 4.78 is 2.09. The van der Waals surface area contributed by atoms with Gasteiger partial charge in [0.1, 0.15) is 0 Å². The number of rotatable bonds is 3. The highest BCUT2D eigenvalue weighted by molar-refractivity contribution is 14.1. The predicted molar refractivity (Wildman–Crippen MR) is 72.4 cm³/mol. The lowest BCUT2D eigenvalue weighted by molar-refractivity contribution is 0.714. The van der Waals surface area contributed by atoms with Crippen LogP contribution in [0, 0.1) is 3.57 Å². The van der Waals surface area contributed by atoms with E-state index in [-0.39, 0.29) is 5.56 Å². The molecule has 0 amide bonds. The van der Waals surface area contributed by atoms with E-state index < -0.39 is 0 Å². The van der Waals surface area contributed by atoms with Gasteiger partial charge >= 0.3 is 0 Å². The van der Waals surface area contributed by atoms with Crippen LogP contribution in [-0.2, 0) is 6.54 Å². The van der Waals surface area contributed by atoms with E-state index in [4.69, 9.17) is 5.84 Å². The lowest BCUT2D eigenvalue weighted by Crippen LogP contribution is -2.23. The van der Waals surface area contributed by atoms with Crippen LogP contribution in [0.1, 0.15) is 5.69 Å².